The molecule has 0 amide bonds. The molecule has 254 valence electrons. The summed E-state index contributed by atoms with van der Waals surface area (Å²) >= 11 is 0. The monoisotopic (exact) mass is 698 g/mol. The minimum atomic E-state index is -0.924. The SMILES string of the molecule is O=c1cc2c3c(cccc3c(=O)n3c4ccccc4nc23)c1=NNC1NNC(NN=c2c(=O)cc3c4c2cccc4c(=O)n2c4ccccc4nc32)O1. The summed E-state index contributed by atoms with van der Waals surface area (Å²) in [5, 5.41) is 13.1. The van der Waals surface area contributed by atoms with E-state index < -0.39 is 12.7 Å². The second-order valence-corrected chi connectivity index (χ2v) is 12.8. The van der Waals surface area contributed by atoms with Crippen LogP contribution in [0.3, 0.4) is 0 Å². The highest BCUT2D eigenvalue weighted by Crippen LogP contribution is 2.28. The van der Waals surface area contributed by atoms with Crippen LogP contribution in [0.5, 0.6) is 0 Å². The van der Waals surface area contributed by atoms with Crippen molar-refractivity contribution in [2.24, 2.45) is 10.2 Å². The van der Waals surface area contributed by atoms with Crippen molar-refractivity contribution in [1.82, 2.24) is 40.5 Å². The first kappa shape index (κ1) is 29.5. The Morgan fingerprint density at radius 3 is 1.45 bits per heavy atom. The first-order valence-corrected chi connectivity index (χ1v) is 16.6. The van der Waals surface area contributed by atoms with Crippen molar-refractivity contribution < 1.29 is 4.74 Å². The van der Waals surface area contributed by atoms with Crippen LogP contribution in [0.25, 0.3) is 76.5 Å². The number of rotatable bonds is 4. The molecule has 2 unspecified atom stereocenters. The zero-order valence-electron chi connectivity index (χ0n) is 27.1. The summed E-state index contributed by atoms with van der Waals surface area (Å²) in [6.45, 7) is 0. The molecule has 0 bridgehead atoms. The van der Waals surface area contributed by atoms with Crippen molar-refractivity contribution in [1.29, 1.82) is 0 Å². The topological polar surface area (TPSA) is 185 Å². The van der Waals surface area contributed by atoms with Gasteiger partial charge in [0.15, 0.2) is 0 Å². The van der Waals surface area contributed by atoms with Gasteiger partial charge in [-0.3, -0.25) is 38.8 Å². The molecule has 0 saturated carbocycles. The lowest BCUT2D eigenvalue weighted by molar-refractivity contribution is -0.000978. The molecule has 10 aromatic rings. The zero-order chi connectivity index (χ0) is 35.5. The van der Waals surface area contributed by atoms with Gasteiger partial charge in [0.1, 0.15) is 22.0 Å². The summed E-state index contributed by atoms with van der Waals surface area (Å²) in [5.74, 6) is 0. The standard InChI is InChI=1S/C38H22N10O5/c49-27-15-21-29-17(7-5-9-19(29)35(51)47-25-13-3-1-11-23(25)39-33(21)47)31(27)41-43-37-45-46-38(53-37)44-42-32-18-8-6-10-20-30(18)22(16-28(32)50)34-40-24-12-2-4-14-26(24)48(34)36(20)52/h1-16,37-38,43-46H. The van der Waals surface area contributed by atoms with Gasteiger partial charge in [0.2, 0.25) is 23.6 Å². The number of hydrogen-bond acceptors (Lipinski definition) is 13. The summed E-state index contributed by atoms with van der Waals surface area (Å²) in [6, 6.07) is 27.9. The number of pyridine rings is 2. The predicted octanol–water partition coefficient (Wildman–Crippen LogP) is 1.30. The molecule has 1 aliphatic rings. The Morgan fingerprint density at radius 2 is 0.981 bits per heavy atom. The number of nitrogens with zero attached hydrogens (tertiary/aromatic N) is 6. The van der Waals surface area contributed by atoms with Crippen LogP contribution in [-0.2, 0) is 4.74 Å². The van der Waals surface area contributed by atoms with E-state index in [4.69, 9.17) is 4.74 Å². The molecule has 0 radical (unpaired) electrons. The summed E-state index contributed by atoms with van der Waals surface area (Å²) in [5.41, 5.74) is 13.6. The van der Waals surface area contributed by atoms with Crippen molar-refractivity contribution in [2.75, 3.05) is 0 Å². The number of para-hydroxylation sites is 4. The van der Waals surface area contributed by atoms with Gasteiger partial charge in [-0.25, -0.2) is 20.8 Å². The Hall–Kier alpha value is -7.20. The molecule has 11 rings (SSSR count). The number of hydrogen-bond donors (Lipinski definition) is 4. The number of aromatic nitrogens is 4. The molecule has 1 aliphatic heterocycles. The third kappa shape index (κ3) is 4.08. The van der Waals surface area contributed by atoms with Gasteiger partial charge in [0.05, 0.1) is 22.1 Å². The third-order valence-corrected chi connectivity index (χ3v) is 9.87. The summed E-state index contributed by atoms with van der Waals surface area (Å²) < 4.78 is 8.97. The van der Waals surface area contributed by atoms with Gasteiger partial charge >= 0.3 is 0 Å². The molecule has 0 spiro atoms. The molecule has 53 heavy (non-hydrogen) atoms. The van der Waals surface area contributed by atoms with Gasteiger partial charge in [0, 0.05) is 43.1 Å². The van der Waals surface area contributed by atoms with Crippen molar-refractivity contribution in [2.45, 2.75) is 12.7 Å². The summed E-state index contributed by atoms with van der Waals surface area (Å²) in [4.78, 5) is 63.7. The van der Waals surface area contributed by atoms with E-state index in [1.165, 1.54) is 12.1 Å². The maximum Gasteiger partial charge on any atom is 0.264 e. The van der Waals surface area contributed by atoms with E-state index in [2.05, 4.69) is 41.9 Å². The van der Waals surface area contributed by atoms with Gasteiger partial charge in [-0.05, 0) is 48.5 Å². The lowest BCUT2D eigenvalue weighted by atomic mass is 10.0. The van der Waals surface area contributed by atoms with Gasteiger partial charge < -0.3 is 4.74 Å². The van der Waals surface area contributed by atoms with Crippen molar-refractivity contribution in [3.8, 4) is 0 Å². The molecule has 4 aromatic heterocycles. The number of fused-ring (bicyclic) bond motifs is 8. The minimum absolute atomic E-state index is 0.0948. The van der Waals surface area contributed by atoms with E-state index >= 15 is 0 Å². The van der Waals surface area contributed by atoms with Crippen molar-refractivity contribution >= 4 is 76.5 Å². The lowest BCUT2D eigenvalue weighted by Gasteiger charge is -2.11. The van der Waals surface area contributed by atoms with Crippen LogP contribution in [0.4, 0.5) is 0 Å². The Balaban J connectivity index is 0.932. The quantitative estimate of drug-likeness (QED) is 0.194. The molecule has 2 atom stereocenters. The highest BCUT2D eigenvalue weighted by molar-refractivity contribution is 6.16. The van der Waals surface area contributed by atoms with Crippen LogP contribution in [-0.4, -0.2) is 31.5 Å². The number of imidazole rings is 2. The maximum absolute atomic E-state index is 13.7. The molecule has 0 aliphatic carbocycles. The predicted molar refractivity (Wildman–Crippen MR) is 198 cm³/mol. The number of ether oxygens (including phenoxy) is 1. The molecular weight excluding hydrogens is 676 g/mol. The molecule has 1 fully saturated rings. The maximum atomic E-state index is 13.7. The fourth-order valence-corrected chi connectivity index (χ4v) is 7.62. The summed E-state index contributed by atoms with van der Waals surface area (Å²) in [7, 11) is 0. The molecule has 15 nitrogen and oxygen atoms in total. The van der Waals surface area contributed by atoms with Gasteiger partial charge in [-0.15, -0.1) is 0 Å². The van der Waals surface area contributed by atoms with Crippen molar-refractivity contribution in [3.63, 3.8) is 0 Å². The van der Waals surface area contributed by atoms with Crippen LogP contribution in [0, 0.1) is 0 Å². The third-order valence-electron chi connectivity index (χ3n) is 9.87. The van der Waals surface area contributed by atoms with E-state index in [1.807, 2.05) is 48.5 Å². The smallest absolute Gasteiger partial charge is 0.264 e. The molecule has 6 aromatic carbocycles. The Kier molecular flexibility index (Phi) is 5.94. The first-order chi connectivity index (χ1) is 25.9. The largest absolute Gasteiger partial charge is 0.303 e. The van der Waals surface area contributed by atoms with Gasteiger partial charge in [-0.2, -0.15) is 10.2 Å². The Bertz CT molecular complexity index is 3340. The van der Waals surface area contributed by atoms with Crippen LogP contribution in [0.2, 0.25) is 0 Å². The lowest BCUT2D eigenvalue weighted by Crippen LogP contribution is -2.43. The van der Waals surface area contributed by atoms with Crippen LogP contribution in [0.1, 0.15) is 0 Å². The van der Waals surface area contributed by atoms with Crippen LogP contribution >= 0.6 is 0 Å². The van der Waals surface area contributed by atoms with E-state index in [9.17, 15) is 19.2 Å². The zero-order valence-corrected chi connectivity index (χ0v) is 27.1. The number of nitrogens with one attached hydrogen (secondary N) is 4. The average molecular weight is 699 g/mol. The fraction of sp³-hybridized carbons (Fsp3) is 0.0526. The Morgan fingerprint density at radius 1 is 0.547 bits per heavy atom. The number of hydrazine groups is 1. The first-order valence-electron chi connectivity index (χ1n) is 16.6. The van der Waals surface area contributed by atoms with E-state index in [-0.39, 0.29) is 32.7 Å². The molecule has 5 heterocycles. The van der Waals surface area contributed by atoms with Gasteiger partial charge in [0.25, 0.3) is 11.1 Å². The molecule has 4 N–H and O–H groups in total. The number of benzene rings is 6. The highest BCUT2D eigenvalue weighted by Gasteiger charge is 2.24. The van der Waals surface area contributed by atoms with Crippen LogP contribution < -0.4 is 54.4 Å². The molecule has 1 saturated heterocycles. The normalized spacial score (nSPS) is 17.4. The van der Waals surface area contributed by atoms with E-state index in [1.54, 1.807) is 45.2 Å². The van der Waals surface area contributed by atoms with E-state index in [0.29, 0.717) is 76.5 Å². The minimum Gasteiger partial charge on any atom is -0.303 e. The molecular formula is C38H22N10O5. The van der Waals surface area contributed by atoms with Crippen LogP contribution in [0.15, 0.2) is 126 Å². The second kappa shape index (κ2) is 10.7. The highest BCUT2D eigenvalue weighted by atomic mass is 16.6. The van der Waals surface area contributed by atoms with Crippen molar-refractivity contribution in [3.05, 3.63) is 149 Å². The fourth-order valence-electron chi connectivity index (χ4n) is 7.62. The Labute approximate surface area is 293 Å². The average Bonchev–Trinajstić information content (AvgIpc) is 3.91. The van der Waals surface area contributed by atoms with E-state index in [0.717, 1.165) is 0 Å². The van der Waals surface area contributed by atoms with Gasteiger partial charge in [-0.1, -0.05) is 48.5 Å². The summed E-state index contributed by atoms with van der Waals surface area (Å²) in [6.07, 6.45) is -1.85. The second-order valence-electron chi connectivity index (χ2n) is 12.8. The molecule has 15 heteroatoms.